The summed E-state index contributed by atoms with van der Waals surface area (Å²) < 4.78 is 23.9. The average molecular weight is 1250 g/mol. The number of hydrogen-bond donors (Lipinski definition) is 3. The number of quaternary nitrogens is 1. The minimum atomic E-state index is -4.33. The van der Waals surface area contributed by atoms with E-state index in [-0.39, 0.29) is 19.1 Å². The number of carbonyl (C=O) groups is 1. The van der Waals surface area contributed by atoms with Crippen molar-refractivity contribution in [2.24, 2.45) is 0 Å². The van der Waals surface area contributed by atoms with Crippen LogP contribution in [0.5, 0.6) is 0 Å². The molecule has 514 valence electrons. The van der Waals surface area contributed by atoms with Crippen molar-refractivity contribution in [3.63, 3.8) is 0 Å². The number of nitrogens with zero attached hydrogens (tertiary/aromatic N) is 1. The number of amides is 1. The molecule has 0 aromatic carbocycles. The molecule has 3 atom stereocenters. The third-order valence-electron chi connectivity index (χ3n) is 17.8. The van der Waals surface area contributed by atoms with Crippen LogP contribution in [0.3, 0.4) is 0 Å². The van der Waals surface area contributed by atoms with Gasteiger partial charge in [0.25, 0.3) is 0 Å². The molecule has 0 saturated carbocycles. The molecule has 3 N–H and O–H groups in total. The Bertz CT molecular complexity index is 1560. The van der Waals surface area contributed by atoms with E-state index < -0.39 is 20.0 Å². The number of rotatable bonds is 72. The van der Waals surface area contributed by atoms with Crippen LogP contribution in [0.25, 0.3) is 0 Å². The molecule has 0 aromatic rings. The van der Waals surface area contributed by atoms with Gasteiger partial charge in [0.1, 0.15) is 13.2 Å². The molecule has 0 bridgehead atoms. The van der Waals surface area contributed by atoms with Crippen molar-refractivity contribution < 1.29 is 32.9 Å². The number of allylic oxidation sites excluding steroid dienone is 8. The third-order valence-corrected chi connectivity index (χ3v) is 18.8. The Balaban J connectivity index is 3.92. The van der Waals surface area contributed by atoms with Crippen molar-refractivity contribution in [3.05, 3.63) is 48.6 Å². The molecule has 0 saturated heterocycles. The minimum Gasteiger partial charge on any atom is -0.391 e. The summed E-state index contributed by atoms with van der Waals surface area (Å²) in [5.74, 6) is -0.135. The second-order valence-corrected chi connectivity index (χ2v) is 29.2. The Kier molecular flexibility index (Phi) is 67.6. The summed E-state index contributed by atoms with van der Waals surface area (Å²) in [6.45, 7) is 4.84. The van der Waals surface area contributed by atoms with Crippen LogP contribution in [-0.2, 0) is 18.4 Å². The lowest BCUT2D eigenvalue weighted by molar-refractivity contribution is -0.870. The van der Waals surface area contributed by atoms with E-state index in [1.807, 2.05) is 21.1 Å². The first-order valence-electron chi connectivity index (χ1n) is 38.5. The van der Waals surface area contributed by atoms with E-state index in [2.05, 4.69) is 67.8 Å². The van der Waals surface area contributed by atoms with Crippen molar-refractivity contribution in [1.29, 1.82) is 0 Å². The van der Waals surface area contributed by atoms with E-state index in [1.54, 1.807) is 0 Å². The minimum absolute atomic E-state index is 0.0771. The fourth-order valence-corrected chi connectivity index (χ4v) is 12.7. The van der Waals surface area contributed by atoms with Gasteiger partial charge in [-0.15, -0.1) is 0 Å². The topological polar surface area (TPSA) is 105 Å². The molecule has 0 fully saturated rings. The molecule has 0 aliphatic heterocycles. The first-order valence-corrected chi connectivity index (χ1v) is 40.0. The summed E-state index contributed by atoms with van der Waals surface area (Å²) in [7, 11) is 1.64. The lowest BCUT2D eigenvalue weighted by Gasteiger charge is -2.26. The second-order valence-electron chi connectivity index (χ2n) is 27.7. The molecule has 0 aliphatic carbocycles. The molecule has 0 heterocycles. The first kappa shape index (κ1) is 85.5. The van der Waals surface area contributed by atoms with Gasteiger partial charge in [0.15, 0.2) is 0 Å². The summed E-state index contributed by atoms with van der Waals surface area (Å²) in [4.78, 5) is 23.5. The van der Waals surface area contributed by atoms with Crippen molar-refractivity contribution >= 4 is 13.7 Å². The molecule has 87 heavy (non-hydrogen) atoms. The highest BCUT2D eigenvalue weighted by atomic mass is 31.2. The summed E-state index contributed by atoms with van der Waals surface area (Å²) in [5, 5.41) is 14.2. The maximum Gasteiger partial charge on any atom is 0.472 e. The maximum absolute atomic E-state index is 13.1. The van der Waals surface area contributed by atoms with Crippen LogP contribution in [0, 0.1) is 0 Å². The SMILES string of the molecule is CC/C=C\C/C=C\C/C=C\C/C=C\CCCCCCCCCCCCCCCCCCCCCCCCCCC(=O)NC(COP(=O)(O)OCC[N+](C)(C)C)C(O)CCCCCCCCCCCCCCCCCCCCCCCCCCCCCC. The van der Waals surface area contributed by atoms with Crippen molar-refractivity contribution in [1.82, 2.24) is 5.32 Å². The molecule has 0 aromatic heterocycles. The summed E-state index contributed by atoms with van der Waals surface area (Å²) in [6.07, 6.45) is 93.9. The summed E-state index contributed by atoms with van der Waals surface area (Å²) in [6, 6.07) is -0.761. The van der Waals surface area contributed by atoms with Crippen LogP contribution < -0.4 is 5.32 Å². The van der Waals surface area contributed by atoms with Gasteiger partial charge in [0.2, 0.25) is 5.91 Å². The van der Waals surface area contributed by atoms with E-state index in [4.69, 9.17) is 9.05 Å². The fourth-order valence-electron chi connectivity index (χ4n) is 11.9. The number of nitrogens with one attached hydrogen (secondary N) is 1. The highest BCUT2D eigenvalue weighted by molar-refractivity contribution is 7.47. The summed E-state index contributed by atoms with van der Waals surface area (Å²) >= 11 is 0. The first-order chi connectivity index (χ1) is 42.5. The van der Waals surface area contributed by atoms with Crippen LogP contribution in [0.2, 0.25) is 0 Å². The van der Waals surface area contributed by atoms with Gasteiger partial charge in [-0.2, -0.15) is 0 Å². The van der Waals surface area contributed by atoms with Gasteiger partial charge >= 0.3 is 7.82 Å². The quantitative estimate of drug-likeness (QED) is 0.0243. The highest BCUT2D eigenvalue weighted by Crippen LogP contribution is 2.43. The monoisotopic (exact) mass is 1240 g/mol. The van der Waals surface area contributed by atoms with E-state index in [0.717, 1.165) is 64.2 Å². The van der Waals surface area contributed by atoms with E-state index in [1.165, 1.54) is 302 Å². The molecule has 9 heteroatoms. The van der Waals surface area contributed by atoms with Gasteiger partial charge in [-0.25, -0.2) is 4.57 Å². The van der Waals surface area contributed by atoms with Crippen LogP contribution >= 0.6 is 7.82 Å². The number of phosphoric ester groups is 1. The molecule has 0 rings (SSSR count). The van der Waals surface area contributed by atoms with Gasteiger partial charge in [0, 0.05) is 6.42 Å². The van der Waals surface area contributed by atoms with E-state index in [9.17, 15) is 19.4 Å². The number of carbonyl (C=O) groups excluding carboxylic acids is 1. The van der Waals surface area contributed by atoms with Crippen molar-refractivity contribution in [3.8, 4) is 0 Å². The molecule has 8 nitrogen and oxygen atoms in total. The highest BCUT2D eigenvalue weighted by Gasteiger charge is 2.28. The van der Waals surface area contributed by atoms with Crippen LogP contribution in [0.1, 0.15) is 393 Å². The second kappa shape index (κ2) is 68.8. The number of hydrogen-bond acceptors (Lipinski definition) is 5. The van der Waals surface area contributed by atoms with Gasteiger partial charge in [0.05, 0.1) is 39.9 Å². The molecule has 0 aliphatic rings. The zero-order valence-electron chi connectivity index (χ0n) is 59.0. The van der Waals surface area contributed by atoms with Crippen molar-refractivity contribution in [2.75, 3.05) is 40.9 Å². The number of likely N-dealkylation sites (N-methyl/N-ethyl adjacent to an activating group) is 1. The molecule has 0 radical (unpaired) electrons. The van der Waals surface area contributed by atoms with Gasteiger partial charge < -0.3 is 19.8 Å². The van der Waals surface area contributed by atoms with Gasteiger partial charge in [-0.1, -0.05) is 383 Å². The predicted octanol–water partition coefficient (Wildman–Crippen LogP) is 25.0. The lowest BCUT2D eigenvalue weighted by Crippen LogP contribution is -2.46. The standard InChI is InChI=1S/C78H151N2O6P/c1-6-8-10-12-14-16-18-20-22-24-26-28-30-32-34-36-37-38-39-40-41-42-43-44-46-48-50-52-54-56-58-60-62-64-66-68-70-72-78(82)79-76(75-86-87(83,84)85-74-73-80(3,4)5)77(81)71-69-67-65-63-61-59-57-55-53-51-49-47-45-35-33-31-29-27-25-23-21-19-17-15-13-11-9-7-2/h8,10,14,16,20,22,26,28,76-77,81H,6-7,9,11-13,15,17-19,21,23-25,27,29-75H2,1-5H3,(H-,79,82,83,84)/p+1/b10-8-,16-14-,22-20-,28-26-. The number of phosphoric acid groups is 1. The number of aliphatic hydroxyl groups excluding tert-OH is 1. The van der Waals surface area contributed by atoms with E-state index >= 15 is 0 Å². The number of aliphatic hydroxyl groups is 1. The molecule has 0 spiro atoms. The smallest absolute Gasteiger partial charge is 0.391 e. The number of unbranched alkanes of at least 4 members (excludes halogenated alkanes) is 51. The lowest BCUT2D eigenvalue weighted by atomic mass is 10.0. The molecule has 3 unspecified atom stereocenters. The van der Waals surface area contributed by atoms with Crippen LogP contribution in [-0.4, -0.2) is 73.4 Å². The Morgan fingerprint density at radius 2 is 0.690 bits per heavy atom. The maximum atomic E-state index is 13.1. The predicted molar refractivity (Wildman–Crippen MR) is 383 cm³/mol. The van der Waals surface area contributed by atoms with Gasteiger partial charge in [-0.3, -0.25) is 13.8 Å². The Morgan fingerprint density at radius 1 is 0.402 bits per heavy atom. The largest absolute Gasteiger partial charge is 0.472 e. The Hall–Kier alpha value is -1.54. The Labute approximate surface area is 543 Å². The molecular formula is C78H152N2O6P+. The zero-order valence-corrected chi connectivity index (χ0v) is 59.9. The van der Waals surface area contributed by atoms with Gasteiger partial charge in [-0.05, 0) is 51.4 Å². The average Bonchev–Trinajstić information content (AvgIpc) is 3.70. The zero-order chi connectivity index (χ0) is 63.4. The molecule has 1 amide bonds. The van der Waals surface area contributed by atoms with E-state index in [0.29, 0.717) is 23.9 Å². The third kappa shape index (κ3) is 71.8. The summed E-state index contributed by atoms with van der Waals surface area (Å²) in [5.41, 5.74) is 0. The normalized spacial score (nSPS) is 13.8. The molecular weight excluding hydrogens is 1090 g/mol. The van der Waals surface area contributed by atoms with Crippen molar-refractivity contribution in [2.45, 2.75) is 405 Å². The van der Waals surface area contributed by atoms with Crippen LogP contribution in [0.4, 0.5) is 0 Å². The Morgan fingerprint density at radius 3 is 1.01 bits per heavy atom. The van der Waals surface area contributed by atoms with Crippen LogP contribution in [0.15, 0.2) is 48.6 Å². The fraction of sp³-hybridized carbons (Fsp3) is 0.885.